The van der Waals surface area contributed by atoms with Crippen molar-refractivity contribution in [1.29, 1.82) is 0 Å². The number of benzene rings is 1. The van der Waals surface area contributed by atoms with Crippen LogP contribution < -0.4 is 19.8 Å². The highest BCUT2D eigenvalue weighted by Crippen LogP contribution is 2.40. The summed E-state index contributed by atoms with van der Waals surface area (Å²) in [5.41, 5.74) is 1.14. The fraction of sp³-hybridized carbons (Fsp3) is 0.176. The van der Waals surface area contributed by atoms with E-state index in [4.69, 9.17) is 14.2 Å². The van der Waals surface area contributed by atoms with Crippen LogP contribution in [-0.4, -0.2) is 36.1 Å². The fourth-order valence-corrected chi connectivity index (χ4v) is 2.44. The van der Waals surface area contributed by atoms with Crippen LogP contribution in [-0.2, 0) is 0 Å². The van der Waals surface area contributed by atoms with Crippen molar-refractivity contribution < 1.29 is 14.2 Å². The summed E-state index contributed by atoms with van der Waals surface area (Å²) in [6, 6.07) is 10.4. The third-order valence-electron chi connectivity index (χ3n) is 3.57. The number of hydrogen-bond acceptors (Lipinski definition) is 5. The standard InChI is InChI=1S/C17H17N3O4/c1-22-13-8-11(9-14(23-2)17(13)24-3)12-10-16(21)20(19-12)15-6-4-5-7-18-15/h4-10,19H,1-3H3. The topological polar surface area (TPSA) is 78.4 Å². The van der Waals surface area contributed by atoms with Gasteiger partial charge in [0.15, 0.2) is 17.3 Å². The minimum Gasteiger partial charge on any atom is -0.493 e. The lowest BCUT2D eigenvalue weighted by Crippen LogP contribution is -2.14. The van der Waals surface area contributed by atoms with Gasteiger partial charge in [0.2, 0.25) is 5.75 Å². The van der Waals surface area contributed by atoms with Crippen molar-refractivity contribution >= 4 is 0 Å². The largest absolute Gasteiger partial charge is 0.493 e. The summed E-state index contributed by atoms with van der Waals surface area (Å²) in [6.07, 6.45) is 1.63. The molecule has 3 aromatic rings. The predicted molar refractivity (Wildman–Crippen MR) is 89.3 cm³/mol. The molecule has 24 heavy (non-hydrogen) atoms. The van der Waals surface area contributed by atoms with E-state index in [1.165, 1.54) is 10.7 Å². The average Bonchev–Trinajstić information content (AvgIpc) is 3.02. The Labute approximate surface area is 138 Å². The zero-order valence-corrected chi connectivity index (χ0v) is 13.6. The Bertz CT molecular complexity index is 875. The molecule has 0 aliphatic rings. The molecule has 3 rings (SSSR count). The molecule has 124 valence electrons. The van der Waals surface area contributed by atoms with Gasteiger partial charge in [-0.3, -0.25) is 9.89 Å². The number of ether oxygens (including phenoxy) is 3. The molecule has 0 spiro atoms. The van der Waals surface area contributed by atoms with Crippen LogP contribution in [0.5, 0.6) is 17.2 Å². The smallest absolute Gasteiger partial charge is 0.273 e. The summed E-state index contributed by atoms with van der Waals surface area (Å²) in [4.78, 5) is 16.4. The molecule has 0 bridgehead atoms. The highest BCUT2D eigenvalue weighted by molar-refractivity contribution is 5.68. The van der Waals surface area contributed by atoms with E-state index >= 15 is 0 Å². The number of methoxy groups -OCH3 is 3. The van der Waals surface area contributed by atoms with E-state index in [1.807, 2.05) is 6.07 Å². The van der Waals surface area contributed by atoms with Crippen LogP contribution in [0.2, 0.25) is 0 Å². The SMILES string of the molecule is COc1cc(-c2cc(=O)n(-c3ccccn3)[nH]2)cc(OC)c1OC. The molecule has 0 atom stereocenters. The van der Waals surface area contributed by atoms with Crippen molar-refractivity contribution in [2.24, 2.45) is 0 Å². The van der Waals surface area contributed by atoms with Crippen LogP contribution >= 0.6 is 0 Å². The Morgan fingerprint density at radius 3 is 2.25 bits per heavy atom. The molecule has 0 amide bonds. The third kappa shape index (κ3) is 2.71. The van der Waals surface area contributed by atoms with Gasteiger partial charge >= 0.3 is 0 Å². The molecule has 2 aromatic heterocycles. The second-order valence-corrected chi connectivity index (χ2v) is 4.95. The number of hydrogen-bond donors (Lipinski definition) is 1. The fourth-order valence-electron chi connectivity index (χ4n) is 2.44. The van der Waals surface area contributed by atoms with Gasteiger partial charge in [-0.2, -0.15) is 0 Å². The zero-order valence-electron chi connectivity index (χ0n) is 13.6. The summed E-state index contributed by atoms with van der Waals surface area (Å²) >= 11 is 0. The normalized spacial score (nSPS) is 10.5. The minimum atomic E-state index is -0.211. The lowest BCUT2D eigenvalue weighted by molar-refractivity contribution is 0.324. The van der Waals surface area contributed by atoms with Gasteiger partial charge in [0.25, 0.3) is 5.56 Å². The van der Waals surface area contributed by atoms with Gasteiger partial charge in [-0.05, 0) is 24.3 Å². The van der Waals surface area contributed by atoms with Crippen molar-refractivity contribution in [2.45, 2.75) is 0 Å². The molecule has 2 heterocycles. The molecule has 1 aromatic carbocycles. The van der Waals surface area contributed by atoms with Crippen LogP contribution in [0.25, 0.3) is 17.1 Å². The minimum absolute atomic E-state index is 0.211. The molecule has 0 saturated carbocycles. The van der Waals surface area contributed by atoms with Crippen LogP contribution in [0.3, 0.4) is 0 Å². The Hall–Kier alpha value is -3.22. The van der Waals surface area contributed by atoms with Gasteiger partial charge in [0, 0.05) is 17.8 Å². The molecule has 0 unspecified atom stereocenters. The van der Waals surface area contributed by atoms with E-state index < -0.39 is 0 Å². The van der Waals surface area contributed by atoms with Crippen molar-refractivity contribution in [1.82, 2.24) is 14.8 Å². The van der Waals surface area contributed by atoms with E-state index in [1.54, 1.807) is 51.8 Å². The van der Waals surface area contributed by atoms with Gasteiger partial charge in [0.1, 0.15) is 0 Å². The third-order valence-corrected chi connectivity index (χ3v) is 3.57. The maximum atomic E-state index is 12.3. The molecule has 0 aliphatic heterocycles. The Morgan fingerprint density at radius 1 is 1.00 bits per heavy atom. The average molecular weight is 327 g/mol. The molecule has 7 heteroatoms. The lowest BCUT2D eigenvalue weighted by atomic mass is 10.1. The highest BCUT2D eigenvalue weighted by Gasteiger charge is 2.16. The van der Waals surface area contributed by atoms with E-state index in [-0.39, 0.29) is 5.56 Å². The number of nitrogens with zero attached hydrogens (tertiary/aromatic N) is 2. The first-order valence-electron chi connectivity index (χ1n) is 7.21. The first-order valence-corrected chi connectivity index (χ1v) is 7.21. The Kier molecular flexibility index (Phi) is 4.24. The van der Waals surface area contributed by atoms with Crippen molar-refractivity contribution in [2.75, 3.05) is 21.3 Å². The van der Waals surface area contributed by atoms with Crippen LogP contribution in [0.15, 0.2) is 47.4 Å². The summed E-state index contributed by atoms with van der Waals surface area (Å²) in [7, 11) is 4.63. The molecule has 0 saturated heterocycles. The quantitative estimate of drug-likeness (QED) is 0.777. The van der Waals surface area contributed by atoms with E-state index in [9.17, 15) is 4.79 Å². The number of rotatable bonds is 5. The van der Waals surface area contributed by atoms with Crippen LogP contribution in [0.4, 0.5) is 0 Å². The van der Waals surface area contributed by atoms with Gasteiger partial charge in [0.05, 0.1) is 27.0 Å². The molecule has 7 nitrogen and oxygen atoms in total. The Morgan fingerprint density at radius 2 is 1.71 bits per heavy atom. The second-order valence-electron chi connectivity index (χ2n) is 4.95. The van der Waals surface area contributed by atoms with Gasteiger partial charge in [-0.1, -0.05) is 6.07 Å². The van der Waals surface area contributed by atoms with Gasteiger partial charge in [-0.25, -0.2) is 9.67 Å². The molecular weight excluding hydrogens is 310 g/mol. The summed E-state index contributed by atoms with van der Waals surface area (Å²) < 4.78 is 17.4. The lowest BCUT2D eigenvalue weighted by Gasteiger charge is -2.13. The van der Waals surface area contributed by atoms with Gasteiger partial charge in [-0.15, -0.1) is 0 Å². The van der Waals surface area contributed by atoms with E-state index in [0.29, 0.717) is 28.8 Å². The van der Waals surface area contributed by atoms with Crippen LogP contribution in [0.1, 0.15) is 0 Å². The first-order chi connectivity index (χ1) is 11.7. The number of H-pyrrole nitrogens is 1. The maximum absolute atomic E-state index is 12.3. The van der Waals surface area contributed by atoms with E-state index in [0.717, 1.165) is 5.56 Å². The molecule has 0 radical (unpaired) electrons. The highest BCUT2D eigenvalue weighted by atomic mass is 16.5. The molecular formula is C17H17N3O4. The van der Waals surface area contributed by atoms with Crippen molar-refractivity contribution in [3.8, 4) is 34.3 Å². The molecule has 0 fully saturated rings. The predicted octanol–water partition coefficient (Wildman–Crippen LogP) is 2.25. The van der Waals surface area contributed by atoms with E-state index in [2.05, 4.69) is 10.1 Å². The van der Waals surface area contributed by atoms with Crippen molar-refractivity contribution in [3.05, 3.63) is 52.9 Å². The number of pyridine rings is 1. The van der Waals surface area contributed by atoms with Crippen LogP contribution in [0, 0.1) is 0 Å². The van der Waals surface area contributed by atoms with Gasteiger partial charge < -0.3 is 14.2 Å². The summed E-state index contributed by atoms with van der Waals surface area (Å²) in [5.74, 6) is 2.04. The maximum Gasteiger partial charge on any atom is 0.273 e. The number of aromatic nitrogens is 3. The Balaban J connectivity index is 2.12. The molecule has 1 N–H and O–H groups in total. The first kappa shape index (κ1) is 15.7. The number of aromatic amines is 1. The summed E-state index contributed by atoms with van der Waals surface area (Å²) in [6.45, 7) is 0. The second kappa shape index (κ2) is 6.49. The zero-order chi connectivity index (χ0) is 17.1. The number of nitrogens with one attached hydrogen (secondary N) is 1. The monoisotopic (exact) mass is 327 g/mol. The summed E-state index contributed by atoms with van der Waals surface area (Å²) in [5, 5.41) is 3.04. The van der Waals surface area contributed by atoms with Crippen molar-refractivity contribution in [3.63, 3.8) is 0 Å². The molecule has 0 aliphatic carbocycles.